The Balaban J connectivity index is 1.82. The van der Waals surface area contributed by atoms with E-state index < -0.39 is 0 Å². The predicted octanol–water partition coefficient (Wildman–Crippen LogP) is 4.06. The van der Waals surface area contributed by atoms with Gasteiger partial charge in [0.05, 0.1) is 7.11 Å². The van der Waals surface area contributed by atoms with Crippen LogP contribution in [-0.2, 0) is 11.2 Å². The largest absolute Gasteiger partial charge is 0.497 e. The summed E-state index contributed by atoms with van der Waals surface area (Å²) in [6.45, 7) is 2.14. The van der Waals surface area contributed by atoms with Crippen molar-refractivity contribution in [2.24, 2.45) is 0 Å². The lowest BCUT2D eigenvalue weighted by Gasteiger charge is -2.09. The highest BCUT2D eigenvalue weighted by molar-refractivity contribution is 5.91. The van der Waals surface area contributed by atoms with Crippen LogP contribution in [0.2, 0.25) is 0 Å². The predicted molar refractivity (Wildman–Crippen MR) is 92.2 cm³/mol. The Hall–Kier alpha value is -2.49. The minimum absolute atomic E-state index is 0.0370. The number of carbonyl (C=O) groups excluding carboxylic acids is 1. The molecule has 4 nitrogen and oxygen atoms in total. The molecular weight excluding hydrogens is 290 g/mol. The van der Waals surface area contributed by atoms with Crippen molar-refractivity contribution in [2.75, 3.05) is 19.0 Å². The number of unbranched alkanes of at least 4 members (excludes halogenated alkanes) is 1. The number of hydrogen-bond donors (Lipinski definition) is 1. The highest BCUT2D eigenvalue weighted by atomic mass is 16.5. The van der Waals surface area contributed by atoms with Crippen LogP contribution in [0.3, 0.4) is 0 Å². The molecule has 0 aliphatic carbocycles. The number of carbonyl (C=O) groups is 1. The number of hydrogen-bond acceptors (Lipinski definition) is 3. The van der Waals surface area contributed by atoms with Crippen LogP contribution in [0.1, 0.15) is 25.3 Å². The average molecular weight is 313 g/mol. The molecule has 0 fully saturated rings. The fraction of sp³-hybridized carbons (Fsp3) is 0.316. The van der Waals surface area contributed by atoms with E-state index in [1.165, 1.54) is 18.4 Å². The Bertz CT molecular complexity index is 623. The topological polar surface area (TPSA) is 47.6 Å². The molecule has 0 atom stereocenters. The molecule has 0 spiro atoms. The number of rotatable bonds is 8. The molecule has 2 rings (SSSR count). The maximum atomic E-state index is 11.9. The molecule has 0 radical (unpaired) electrons. The summed E-state index contributed by atoms with van der Waals surface area (Å²) in [7, 11) is 1.59. The van der Waals surface area contributed by atoms with Gasteiger partial charge < -0.3 is 14.8 Å². The van der Waals surface area contributed by atoms with Crippen LogP contribution in [0.5, 0.6) is 11.5 Å². The zero-order chi connectivity index (χ0) is 16.5. The van der Waals surface area contributed by atoms with Crippen LogP contribution in [0, 0.1) is 0 Å². The summed E-state index contributed by atoms with van der Waals surface area (Å²) in [5.74, 6) is 1.12. The number of methoxy groups -OCH3 is 1. The van der Waals surface area contributed by atoms with E-state index in [0.29, 0.717) is 11.5 Å². The van der Waals surface area contributed by atoms with Crippen molar-refractivity contribution in [2.45, 2.75) is 26.2 Å². The third kappa shape index (κ3) is 5.66. The van der Waals surface area contributed by atoms with Gasteiger partial charge in [-0.3, -0.25) is 4.79 Å². The van der Waals surface area contributed by atoms with Crippen molar-refractivity contribution in [3.63, 3.8) is 0 Å². The van der Waals surface area contributed by atoms with Crippen LogP contribution in [0.4, 0.5) is 5.69 Å². The summed E-state index contributed by atoms with van der Waals surface area (Å²) >= 11 is 0. The molecule has 2 aromatic rings. The second kappa shape index (κ2) is 8.83. The molecule has 0 aromatic heterocycles. The van der Waals surface area contributed by atoms with E-state index >= 15 is 0 Å². The van der Waals surface area contributed by atoms with Crippen molar-refractivity contribution >= 4 is 11.6 Å². The summed E-state index contributed by atoms with van der Waals surface area (Å²) in [6.07, 6.45) is 3.43. The highest BCUT2D eigenvalue weighted by Crippen LogP contribution is 2.19. The molecule has 2 aromatic carbocycles. The lowest BCUT2D eigenvalue weighted by atomic mass is 10.1. The van der Waals surface area contributed by atoms with Crippen molar-refractivity contribution in [3.05, 3.63) is 54.1 Å². The quantitative estimate of drug-likeness (QED) is 0.799. The van der Waals surface area contributed by atoms with E-state index in [1.54, 1.807) is 19.2 Å². The normalized spacial score (nSPS) is 10.2. The van der Waals surface area contributed by atoms with E-state index in [1.807, 2.05) is 36.4 Å². The van der Waals surface area contributed by atoms with Gasteiger partial charge in [0.1, 0.15) is 11.5 Å². The first-order chi connectivity index (χ1) is 11.2. The van der Waals surface area contributed by atoms with Crippen LogP contribution >= 0.6 is 0 Å². The molecular formula is C19H23NO3. The molecule has 0 unspecified atom stereocenters. The summed E-state index contributed by atoms with van der Waals surface area (Å²) in [4.78, 5) is 11.9. The highest BCUT2D eigenvalue weighted by Gasteiger charge is 2.04. The van der Waals surface area contributed by atoms with E-state index in [0.717, 1.165) is 12.1 Å². The molecule has 0 heterocycles. The number of nitrogens with one attached hydrogen (secondary N) is 1. The zero-order valence-corrected chi connectivity index (χ0v) is 13.7. The standard InChI is InChI=1S/C19H23NO3/c1-3-4-6-15-9-11-16(12-10-15)20-19(21)14-23-18-8-5-7-17(13-18)22-2/h5,7-13H,3-4,6,14H2,1-2H3,(H,20,21). The first-order valence-corrected chi connectivity index (χ1v) is 7.87. The Kier molecular flexibility index (Phi) is 6.48. The molecule has 122 valence electrons. The number of anilines is 1. The Morgan fingerprint density at radius 2 is 1.83 bits per heavy atom. The van der Waals surface area contributed by atoms with Gasteiger partial charge in [-0.1, -0.05) is 31.5 Å². The van der Waals surface area contributed by atoms with E-state index in [9.17, 15) is 4.79 Å². The number of ether oxygens (including phenoxy) is 2. The SMILES string of the molecule is CCCCc1ccc(NC(=O)COc2cccc(OC)c2)cc1. The second-order valence-corrected chi connectivity index (χ2v) is 5.32. The maximum Gasteiger partial charge on any atom is 0.262 e. The van der Waals surface area contributed by atoms with Crippen molar-refractivity contribution in [3.8, 4) is 11.5 Å². The van der Waals surface area contributed by atoms with Gasteiger partial charge in [0.2, 0.25) is 0 Å². The smallest absolute Gasteiger partial charge is 0.262 e. The number of benzene rings is 2. The van der Waals surface area contributed by atoms with Gasteiger partial charge >= 0.3 is 0 Å². The first kappa shape index (κ1) is 16.9. The Morgan fingerprint density at radius 1 is 1.09 bits per heavy atom. The fourth-order valence-electron chi connectivity index (χ4n) is 2.17. The van der Waals surface area contributed by atoms with Gasteiger partial charge in [-0.2, -0.15) is 0 Å². The molecule has 0 aliphatic rings. The third-order valence-electron chi connectivity index (χ3n) is 3.47. The summed E-state index contributed by atoms with van der Waals surface area (Å²) in [5, 5.41) is 2.83. The van der Waals surface area contributed by atoms with Crippen LogP contribution in [-0.4, -0.2) is 19.6 Å². The Labute approximate surface area is 137 Å². The van der Waals surface area contributed by atoms with Gasteiger partial charge in [0, 0.05) is 11.8 Å². The molecule has 1 amide bonds. The van der Waals surface area contributed by atoms with E-state index in [4.69, 9.17) is 9.47 Å². The fourth-order valence-corrected chi connectivity index (χ4v) is 2.17. The molecule has 0 saturated carbocycles. The average Bonchev–Trinajstić information content (AvgIpc) is 2.59. The lowest BCUT2D eigenvalue weighted by molar-refractivity contribution is -0.118. The van der Waals surface area contributed by atoms with Gasteiger partial charge in [-0.05, 0) is 42.7 Å². The monoisotopic (exact) mass is 313 g/mol. The van der Waals surface area contributed by atoms with Crippen LogP contribution in [0.15, 0.2) is 48.5 Å². The molecule has 0 aliphatic heterocycles. The van der Waals surface area contributed by atoms with Crippen molar-refractivity contribution in [1.29, 1.82) is 0 Å². The molecule has 23 heavy (non-hydrogen) atoms. The summed E-state index contributed by atoms with van der Waals surface area (Å²) in [5.41, 5.74) is 2.07. The summed E-state index contributed by atoms with van der Waals surface area (Å²) < 4.78 is 10.6. The van der Waals surface area contributed by atoms with Gasteiger partial charge in [0.15, 0.2) is 6.61 Å². The maximum absolute atomic E-state index is 11.9. The van der Waals surface area contributed by atoms with Gasteiger partial charge in [-0.15, -0.1) is 0 Å². The number of aryl methyl sites for hydroxylation is 1. The van der Waals surface area contributed by atoms with Crippen LogP contribution in [0.25, 0.3) is 0 Å². The minimum Gasteiger partial charge on any atom is -0.497 e. The van der Waals surface area contributed by atoms with E-state index in [-0.39, 0.29) is 12.5 Å². The molecule has 4 heteroatoms. The van der Waals surface area contributed by atoms with Crippen molar-refractivity contribution in [1.82, 2.24) is 0 Å². The Morgan fingerprint density at radius 3 is 2.52 bits per heavy atom. The lowest BCUT2D eigenvalue weighted by Crippen LogP contribution is -2.20. The minimum atomic E-state index is -0.186. The summed E-state index contributed by atoms with van der Waals surface area (Å²) in [6, 6.07) is 15.1. The number of amides is 1. The molecule has 1 N–H and O–H groups in total. The molecule has 0 saturated heterocycles. The van der Waals surface area contributed by atoms with Gasteiger partial charge in [0.25, 0.3) is 5.91 Å². The first-order valence-electron chi connectivity index (χ1n) is 7.87. The zero-order valence-electron chi connectivity index (χ0n) is 13.7. The van der Waals surface area contributed by atoms with E-state index in [2.05, 4.69) is 12.2 Å². The van der Waals surface area contributed by atoms with Crippen LogP contribution < -0.4 is 14.8 Å². The second-order valence-electron chi connectivity index (χ2n) is 5.32. The third-order valence-corrected chi connectivity index (χ3v) is 3.47. The van der Waals surface area contributed by atoms with Gasteiger partial charge in [-0.25, -0.2) is 0 Å². The molecule has 0 bridgehead atoms. The van der Waals surface area contributed by atoms with Crippen molar-refractivity contribution < 1.29 is 14.3 Å².